The molecule has 1 aliphatic rings. The van der Waals surface area contributed by atoms with Gasteiger partial charge in [-0.05, 0) is 35.9 Å². The molecular formula is C19H17F2N3O4S. The van der Waals surface area contributed by atoms with Crippen molar-refractivity contribution in [1.82, 2.24) is 14.6 Å². The molecule has 3 aromatic rings. The van der Waals surface area contributed by atoms with Crippen molar-refractivity contribution in [2.75, 3.05) is 13.1 Å². The number of carboxylic acid groups (broad SMARTS) is 1. The van der Waals surface area contributed by atoms with Crippen LogP contribution in [-0.2, 0) is 10.0 Å². The first-order valence-corrected chi connectivity index (χ1v) is 10.2. The predicted octanol–water partition coefficient (Wildman–Crippen LogP) is 2.95. The summed E-state index contributed by atoms with van der Waals surface area (Å²) in [6.45, 7) is -0.686. The molecule has 7 nitrogen and oxygen atoms in total. The minimum absolute atomic E-state index is 0.0182. The summed E-state index contributed by atoms with van der Waals surface area (Å²) in [4.78, 5) is 13.7. The van der Waals surface area contributed by atoms with Gasteiger partial charge in [-0.2, -0.15) is 4.31 Å². The quantitative estimate of drug-likeness (QED) is 0.603. The molecular weight excluding hydrogens is 404 g/mol. The van der Waals surface area contributed by atoms with E-state index in [2.05, 4.69) is 4.98 Å². The van der Waals surface area contributed by atoms with Gasteiger partial charge in [0.15, 0.2) is 0 Å². The highest BCUT2D eigenvalue weighted by Crippen LogP contribution is 2.31. The maximum Gasteiger partial charge on any atom is 0.405 e. The number of carbonyl (C=O) groups is 1. The Morgan fingerprint density at radius 2 is 1.90 bits per heavy atom. The van der Waals surface area contributed by atoms with Gasteiger partial charge < -0.3 is 15.4 Å². The first-order chi connectivity index (χ1) is 13.8. The Bertz CT molecular complexity index is 1180. The zero-order valence-corrected chi connectivity index (χ0v) is 15.8. The number of H-pyrrole nitrogens is 1. The number of aromatic nitrogens is 1. The molecule has 1 saturated heterocycles. The maximum atomic E-state index is 14.0. The number of hydrogen-bond acceptors (Lipinski definition) is 3. The fourth-order valence-electron chi connectivity index (χ4n) is 3.51. The molecule has 0 spiro atoms. The first kappa shape index (κ1) is 19.3. The van der Waals surface area contributed by atoms with Gasteiger partial charge in [0.05, 0.1) is 10.9 Å². The summed E-state index contributed by atoms with van der Waals surface area (Å²) in [5.41, 5.74) is 2.15. The lowest BCUT2D eigenvalue weighted by atomic mass is 10.1. The molecule has 0 radical (unpaired) electrons. The van der Waals surface area contributed by atoms with Crippen molar-refractivity contribution in [2.24, 2.45) is 0 Å². The number of nitrogens with zero attached hydrogens (tertiary/aromatic N) is 1. The molecule has 1 fully saturated rings. The van der Waals surface area contributed by atoms with Crippen molar-refractivity contribution >= 4 is 27.0 Å². The summed E-state index contributed by atoms with van der Waals surface area (Å²) in [6.07, 6.45) is -1.31. The van der Waals surface area contributed by atoms with Crippen LogP contribution < -0.4 is 5.32 Å². The molecule has 3 N–H and O–H groups in total. The van der Waals surface area contributed by atoms with Crippen molar-refractivity contribution in [3.63, 3.8) is 0 Å². The van der Waals surface area contributed by atoms with Crippen LogP contribution in [0.4, 0.5) is 13.6 Å². The number of amides is 1. The monoisotopic (exact) mass is 421 g/mol. The zero-order chi connectivity index (χ0) is 20.8. The summed E-state index contributed by atoms with van der Waals surface area (Å²) in [5, 5.41) is 11.5. The van der Waals surface area contributed by atoms with E-state index in [0.29, 0.717) is 5.52 Å². The average Bonchev–Trinajstić information content (AvgIpc) is 3.25. The number of sulfonamides is 1. The van der Waals surface area contributed by atoms with Crippen LogP contribution in [-0.4, -0.2) is 54.2 Å². The second-order valence-corrected chi connectivity index (χ2v) is 8.75. The largest absolute Gasteiger partial charge is 0.465 e. The van der Waals surface area contributed by atoms with E-state index in [4.69, 9.17) is 5.11 Å². The van der Waals surface area contributed by atoms with Crippen molar-refractivity contribution in [2.45, 2.75) is 17.1 Å². The van der Waals surface area contributed by atoms with Gasteiger partial charge in [0, 0.05) is 35.8 Å². The highest BCUT2D eigenvalue weighted by Gasteiger charge is 2.40. The third-order valence-electron chi connectivity index (χ3n) is 4.97. The smallest absolute Gasteiger partial charge is 0.405 e. The lowest BCUT2D eigenvalue weighted by Crippen LogP contribution is -2.40. The molecule has 0 bridgehead atoms. The van der Waals surface area contributed by atoms with Crippen LogP contribution in [0.15, 0.2) is 53.6 Å². The van der Waals surface area contributed by atoms with Crippen molar-refractivity contribution < 1.29 is 27.1 Å². The van der Waals surface area contributed by atoms with E-state index in [1.165, 1.54) is 24.3 Å². The van der Waals surface area contributed by atoms with Gasteiger partial charge in [0.25, 0.3) is 0 Å². The normalized spacial score (nSPS) is 20.2. The molecule has 29 heavy (non-hydrogen) atoms. The van der Waals surface area contributed by atoms with Gasteiger partial charge in [-0.25, -0.2) is 22.0 Å². The summed E-state index contributed by atoms with van der Waals surface area (Å²) in [7, 11) is -3.97. The molecule has 4 rings (SSSR count). The summed E-state index contributed by atoms with van der Waals surface area (Å²) in [6, 6.07) is 9.33. The predicted molar refractivity (Wildman–Crippen MR) is 102 cm³/mol. The van der Waals surface area contributed by atoms with E-state index in [-0.39, 0.29) is 17.3 Å². The van der Waals surface area contributed by atoms with E-state index < -0.39 is 34.9 Å². The van der Waals surface area contributed by atoms with Crippen LogP contribution >= 0.6 is 0 Å². The molecule has 1 amide bonds. The molecule has 0 saturated carbocycles. The molecule has 10 heteroatoms. The second-order valence-electron chi connectivity index (χ2n) is 6.81. The van der Waals surface area contributed by atoms with Crippen LogP contribution in [0, 0.1) is 5.82 Å². The van der Waals surface area contributed by atoms with Crippen molar-refractivity contribution in [3.05, 3.63) is 54.5 Å². The van der Waals surface area contributed by atoms with E-state index in [1.807, 2.05) is 5.32 Å². The molecule has 0 unspecified atom stereocenters. The topological polar surface area (TPSA) is 102 Å². The standard InChI is InChI=1S/C19H17F2N3O4S/c20-12-3-6-14-15(8-22-17(14)7-12)11-1-4-13(5-2-11)29(27,28)24-9-16(21)18(10-24)23-19(25)26/h1-8,16,18,22-23H,9-10H2,(H,25,26)/t16-,18-/m0/s1. The highest BCUT2D eigenvalue weighted by molar-refractivity contribution is 7.89. The van der Waals surface area contributed by atoms with Crippen LogP contribution in [0.25, 0.3) is 22.0 Å². The lowest BCUT2D eigenvalue weighted by molar-refractivity contribution is 0.183. The number of alkyl halides is 1. The number of halogens is 2. The van der Waals surface area contributed by atoms with Crippen molar-refractivity contribution in [1.29, 1.82) is 0 Å². The van der Waals surface area contributed by atoms with Gasteiger partial charge in [-0.1, -0.05) is 12.1 Å². The minimum Gasteiger partial charge on any atom is -0.465 e. The highest BCUT2D eigenvalue weighted by atomic mass is 32.2. The fourth-order valence-corrected chi connectivity index (χ4v) is 4.99. The number of aromatic amines is 1. The van der Waals surface area contributed by atoms with Crippen LogP contribution in [0.2, 0.25) is 0 Å². The molecule has 2 atom stereocenters. The zero-order valence-electron chi connectivity index (χ0n) is 15.0. The van der Waals surface area contributed by atoms with E-state index in [9.17, 15) is 22.0 Å². The van der Waals surface area contributed by atoms with E-state index in [0.717, 1.165) is 20.8 Å². The molecule has 1 aliphatic heterocycles. The molecule has 2 aromatic carbocycles. The average molecular weight is 421 g/mol. The Labute approximate surface area is 165 Å². The van der Waals surface area contributed by atoms with Crippen LogP contribution in [0.3, 0.4) is 0 Å². The third kappa shape index (κ3) is 3.56. The second kappa shape index (κ2) is 7.12. The van der Waals surface area contributed by atoms with E-state index >= 15 is 0 Å². The summed E-state index contributed by atoms with van der Waals surface area (Å²) < 4.78 is 53.9. The molecule has 2 heterocycles. The van der Waals surface area contributed by atoms with Crippen LogP contribution in [0.5, 0.6) is 0 Å². The SMILES string of the molecule is O=C(O)N[C@H]1CN(S(=O)(=O)c2ccc(-c3c[nH]c4cc(F)ccc34)cc2)C[C@@H]1F. The van der Waals surface area contributed by atoms with Gasteiger partial charge in [-0.15, -0.1) is 0 Å². The number of rotatable bonds is 4. The van der Waals surface area contributed by atoms with Gasteiger partial charge in [0.2, 0.25) is 10.0 Å². The van der Waals surface area contributed by atoms with Crippen LogP contribution in [0.1, 0.15) is 0 Å². The Kier molecular flexibility index (Phi) is 4.75. The Morgan fingerprint density at radius 1 is 1.17 bits per heavy atom. The van der Waals surface area contributed by atoms with Gasteiger partial charge in [0.1, 0.15) is 12.0 Å². The number of nitrogens with one attached hydrogen (secondary N) is 2. The Morgan fingerprint density at radius 3 is 2.59 bits per heavy atom. The summed E-state index contributed by atoms with van der Waals surface area (Å²) in [5.74, 6) is -0.361. The number of fused-ring (bicyclic) bond motifs is 1. The molecule has 0 aliphatic carbocycles. The van der Waals surface area contributed by atoms with E-state index in [1.54, 1.807) is 24.4 Å². The van der Waals surface area contributed by atoms with Crippen molar-refractivity contribution in [3.8, 4) is 11.1 Å². The molecule has 1 aromatic heterocycles. The number of hydrogen-bond donors (Lipinski definition) is 3. The van der Waals surface area contributed by atoms with Gasteiger partial charge >= 0.3 is 6.09 Å². The lowest BCUT2D eigenvalue weighted by Gasteiger charge is -2.16. The maximum absolute atomic E-state index is 14.0. The molecule has 152 valence electrons. The summed E-state index contributed by atoms with van der Waals surface area (Å²) >= 11 is 0. The third-order valence-corrected chi connectivity index (χ3v) is 6.82. The van der Waals surface area contributed by atoms with Gasteiger partial charge in [-0.3, -0.25) is 0 Å². The first-order valence-electron chi connectivity index (χ1n) is 8.76. The minimum atomic E-state index is -3.97. The fraction of sp³-hybridized carbons (Fsp3) is 0.211. The Hall–Kier alpha value is -2.98. The number of benzene rings is 2. The Balaban J connectivity index is 1.59.